The van der Waals surface area contributed by atoms with Gasteiger partial charge in [0.1, 0.15) is 0 Å². The summed E-state index contributed by atoms with van der Waals surface area (Å²) in [6.07, 6.45) is 1.18. The van der Waals surface area contributed by atoms with Gasteiger partial charge in [-0.25, -0.2) is 4.79 Å². The second kappa shape index (κ2) is 6.12. The van der Waals surface area contributed by atoms with Gasteiger partial charge in [0, 0.05) is 45.3 Å². The fraction of sp³-hybridized carbons (Fsp3) is 0.933. The third kappa shape index (κ3) is 3.41. The molecule has 19 heavy (non-hydrogen) atoms. The molecule has 2 aliphatic rings. The van der Waals surface area contributed by atoms with Gasteiger partial charge in [-0.05, 0) is 32.1 Å². The maximum absolute atomic E-state index is 12.5. The maximum atomic E-state index is 12.5. The zero-order chi connectivity index (χ0) is 14.0. The van der Waals surface area contributed by atoms with Crippen LogP contribution in [0.4, 0.5) is 4.79 Å². The molecule has 0 aliphatic carbocycles. The molecule has 0 bridgehead atoms. The van der Waals surface area contributed by atoms with E-state index >= 15 is 0 Å². The first-order valence-corrected chi connectivity index (χ1v) is 7.77. The highest BCUT2D eigenvalue weighted by molar-refractivity contribution is 5.74. The molecule has 2 aliphatic heterocycles. The van der Waals surface area contributed by atoms with E-state index in [1.807, 2.05) is 4.90 Å². The predicted octanol–water partition coefficient (Wildman–Crippen LogP) is 2.11. The monoisotopic (exact) mass is 267 g/mol. The van der Waals surface area contributed by atoms with Gasteiger partial charge in [0.2, 0.25) is 0 Å². The van der Waals surface area contributed by atoms with Gasteiger partial charge in [-0.2, -0.15) is 0 Å². The molecule has 2 rings (SSSR count). The number of amides is 2. The molecule has 0 radical (unpaired) electrons. The van der Waals surface area contributed by atoms with E-state index in [4.69, 9.17) is 0 Å². The van der Waals surface area contributed by atoms with Crippen molar-refractivity contribution in [2.45, 2.75) is 40.2 Å². The van der Waals surface area contributed by atoms with E-state index in [9.17, 15) is 4.79 Å². The number of carbonyl (C=O) groups is 1. The van der Waals surface area contributed by atoms with Crippen LogP contribution in [0.3, 0.4) is 0 Å². The second-order valence-electron chi connectivity index (χ2n) is 6.64. The number of rotatable bonds is 2. The van der Waals surface area contributed by atoms with Crippen LogP contribution in [0.1, 0.15) is 34.1 Å². The van der Waals surface area contributed by atoms with Crippen molar-refractivity contribution in [1.82, 2.24) is 14.7 Å². The maximum Gasteiger partial charge on any atom is 0.320 e. The van der Waals surface area contributed by atoms with Crippen LogP contribution in [-0.2, 0) is 0 Å². The van der Waals surface area contributed by atoms with Crippen LogP contribution in [0.2, 0.25) is 0 Å². The summed E-state index contributed by atoms with van der Waals surface area (Å²) in [6.45, 7) is 14.7. The lowest BCUT2D eigenvalue weighted by atomic mass is 9.95. The van der Waals surface area contributed by atoms with Crippen LogP contribution in [0.15, 0.2) is 0 Å². The van der Waals surface area contributed by atoms with Crippen molar-refractivity contribution in [2.24, 2.45) is 11.8 Å². The molecule has 110 valence electrons. The molecule has 0 saturated carbocycles. The van der Waals surface area contributed by atoms with Crippen molar-refractivity contribution < 1.29 is 4.79 Å². The van der Waals surface area contributed by atoms with E-state index in [2.05, 4.69) is 37.5 Å². The largest absolute Gasteiger partial charge is 0.324 e. The molecule has 2 amide bonds. The van der Waals surface area contributed by atoms with Crippen LogP contribution in [-0.4, -0.2) is 66.0 Å². The molecule has 0 spiro atoms. The van der Waals surface area contributed by atoms with Crippen molar-refractivity contribution in [3.63, 3.8) is 0 Å². The summed E-state index contributed by atoms with van der Waals surface area (Å²) in [5.41, 5.74) is 0. The quantitative estimate of drug-likeness (QED) is 0.766. The number of carbonyl (C=O) groups excluding carboxylic acids is 1. The van der Waals surface area contributed by atoms with Gasteiger partial charge < -0.3 is 9.80 Å². The molecule has 2 fully saturated rings. The van der Waals surface area contributed by atoms with Gasteiger partial charge in [0.25, 0.3) is 0 Å². The van der Waals surface area contributed by atoms with Crippen LogP contribution < -0.4 is 0 Å². The Morgan fingerprint density at radius 2 is 1.58 bits per heavy atom. The fourth-order valence-corrected chi connectivity index (χ4v) is 3.13. The summed E-state index contributed by atoms with van der Waals surface area (Å²) < 4.78 is 0. The van der Waals surface area contributed by atoms with E-state index in [1.165, 1.54) is 6.42 Å². The van der Waals surface area contributed by atoms with Crippen molar-refractivity contribution in [2.75, 3.05) is 39.3 Å². The predicted molar refractivity (Wildman–Crippen MR) is 78.2 cm³/mol. The highest BCUT2D eigenvalue weighted by Gasteiger charge is 2.32. The molecule has 0 aromatic rings. The molecule has 1 unspecified atom stereocenters. The SMILES string of the molecule is CC(C)C1CCN(C(=O)N2CCN(C(C)C)CC2)C1. The highest BCUT2D eigenvalue weighted by Crippen LogP contribution is 2.24. The molecule has 4 nitrogen and oxygen atoms in total. The van der Waals surface area contributed by atoms with Crippen molar-refractivity contribution in [1.29, 1.82) is 0 Å². The molecule has 1 atom stereocenters. The van der Waals surface area contributed by atoms with Gasteiger partial charge in [-0.15, -0.1) is 0 Å². The van der Waals surface area contributed by atoms with Gasteiger partial charge in [-0.3, -0.25) is 4.90 Å². The van der Waals surface area contributed by atoms with Gasteiger partial charge >= 0.3 is 6.03 Å². The average Bonchev–Trinajstić information content (AvgIpc) is 2.87. The first-order valence-electron chi connectivity index (χ1n) is 7.77. The Labute approximate surface area is 117 Å². The van der Waals surface area contributed by atoms with E-state index in [0.717, 1.165) is 39.3 Å². The van der Waals surface area contributed by atoms with E-state index in [0.29, 0.717) is 17.9 Å². The minimum atomic E-state index is 0.270. The number of piperazine rings is 1. The smallest absolute Gasteiger partial charge is 0.320 e. The molecule has 0 aromatic heterocycles. The number of hydrogen-bond donors (Lipinski definition) is 0. The highest BCUT2D eigenvalue weighted by atomic mass is 16.2. The zero-order valence-electron chi connectivity index (χ0n) is 12.9. The van der Waals surface area contributed by atoms with Crippen LogP contribution in [0.5, 0.6) is 0 Å². The number of nitrogens with zero attached hydrogens (tertiary/aromatic N) is 3. The lowest BCUT2D eigenvalue weighted by Gasteiger charge is -2.38. The minimum absolute atomic E-state index is 0.270. The van der Waals surface area contributed by atoms with Crippen molar-refractivity contribution >= 4 is 6.03 Å². The summed E-state index contributed by atoms with van der Waals surface area (Å²) in [5.74, 6) is 1.39. The number of urea groups is 1. The van der Waals surface area contributed by atoms with E-state index in [-0.39, 0.29) is 6.03 Å². The Hall–Kier alpha value is -0.770. The van der Waals surface area contributed by atoms with Gasteiger partial charge in [-0.1, -0.05) is 13.8 Å². The van der Waals surface area contributed by atoms with Crippen molar-refractivity contribution in [3.05, 3.63) is 0 Å². The molecule has 4 heteroatoms. The summed E-state index contributed by atoms with van der Waals surface area (Å²) in [5, 5.41) is 0. The molecule has 2 saturated heterocycles. The Balaban J connectivity index is 1.82. The Bertz CT molecular complexity index is 309. The molecular formula is C15H29N3O. The third-order valence-electron chi connectivity index (χ3n) is 4.75. The molecule has 2 heterocycles. The summed E-state index contributed by atoms with van der Waals surface area (Å²) in [4.78, 5) is 19.0. The topological polar surface area (TPSA) is 26.8 Å². The third-order valence-corrected chi connectivity index (χ3v) is 4.75. The first-order chi connectivity index (χ1) is 8.99. The summed E-state index contributed by atoms with van der Waals surface area (Å²) in [7, 11) is 0. The Morgan fingerprint density at radius 3 is 2.05 bits per heavy atom. The number of likely N-dealkylation sites (tertiary alicyclic amines) is 1. The van der Waals surface area contributed by atoms with Crippen molar-refractivity contribution in [3.8, 4) is 0 Å². The van der Waals surface area contributed by atoms with Gasteiger partial charge in [0.05, 0.1) is 0 Å². The first kappa shape index (κ1) is 14.6. The molecule has 0 N–H and O–H groups in total. The Morgan fingerprint density at radius 1 is 0.947 bits per heavy atom. The molecular weight excluding hydrogens is 238 g/mol. The normalized spacial score (nSPS) is 25.7. The lowest BCUT2D eigenvalue weighted by molar-refractivity contribution is 0.102. The lowest BCUT2D eigenvalue weighted by Crippen LogP contribution is -2.53. The standard InChI is InChI=1S/C15H29N3O/c1-12(2)14-5-6-18(11-14)15(19)17-9-7-16(8-10-17)13(3)4/h12-14H,5-11H2,1-4H3. The van der Waals surface area contributed by atoms with E-state index in [1.54, 1.807) is 0 Å². The fourth-order valence-electron chi connectivity index (χ4n) is 3.13. The van der Waals surface area contributed by atoms with Crippen LogP contribution in [0, 0.1) is 11.8 Å². The van der Waals surface area contributed by atoms with Gasteiger partial charge in [0.15, 0.2) is 0 Å². The van der Waals surface area contributed by atoms with Crippen LogP contribution >= 0.6 is 0 Å². The van der Waals surface area contributed by atoms with E-state index < -0.39 is 0 Å². The molecule has 0 aromatic carbocycles. The average molecular weight is 267 g/mol. The summed E-state index contributed by atoms with van der Waals surface area (Å²) >= 11 is 0. The zero-order valence-corrected chi connectivity index (χ0v) is 12.9. The Kier molecular flexibility index (Phi) is 4.71. The number of hydrogen-bond acceptors (Lipinski definition) is 2. The van der Waals surface area contributed by atoms with Crippen LogP contribution in [0.25, 0.3) is 0 Å². The minimum Gasteiger partial charge on any atom is -0.324 e. The summed E-state index contributed by atoms with van der Waals surface area (Å²) in [6, 6.07) is 0.862. The second-order valence-corrected chi connectivity index (χ2v) is 6.64.